The maximum atomic E-state index is 14.6. The van der Waals surface area contributed by atoms with E-state index in [1.54, 1.807) is 30.5 Å². The Hall–Kier alpha value is -3.02. The predicted molar refractivity (Wildman–Crippen MR) is 127 cm³/mol. The Balaban J connectivity index is 1.57. The number of halogens is 1. The number of nitrogens with one attached hydrogen (secondary N) is 1. The highest BCUT2D eigenvalue weighted by Gasteiger charge is 2.21. The molecule has 0 bridgehead atoms. The standard InChI is InChI=1S/C23H28FN5O4S/c1-14-7-18(8-15(2)21(14)33-34(4,31)32)26-23-25-9-20(24)22(27-23)29-10-16(3)17(12-29)11-28-6-5-19(30)13-28/h7-10,12,19,30H,5-6,11,13H2,1-4H3,(H,25,26,27)/t19-/m1/s1. The summed E-state index contributed by atoms with van der Waals surface area (Å²) in [6, 6.07) is 3.42. The lowest BCUT2D eigenvalue weighted by atomic mass is 10.1. The quantitative estimate of drug-likeness (QED) is 0.488. The molecule has 1 saturated heterocycles. The first-order valence-electron chi connectivity index (χ1n) is 10.9. The molecule has 34 heavy (non-hydrogen) atoms. The maximum Gasteiger partial charge on any atom is 0.306 e. The van der Waals surface area contributed by atoms with Gasteiger partial charge < -0.3 is 19.2 Å². The van der Waals surface area contributed by atoms with Gasteiger partial charge in [-0.15, -0.1) is 0 Å². The molecule has 1 aromatic carbocycles. The van der Waals surface area contributed by atoms with Gasteiger partial charge in [-0.25, -0.2) is 9.37 Å². The number of likely N-dealkylation sites (tertiary alicyclic amines) is 1. The van der Waals surface area contributed by atoms with Crippen molar-refractivity contribution in [2.24, 2.45) is 0 Å². The van der Waals surface area contributed by atoms with Crippen LogP contribution in [-0.2, 0) is 16.7 Å². The number of hydrogen-bond acceptors (Lipinski definition) is 8. The van der Waals surface area contributed by atoms with Crippen LogP contribution in [0.25, 0.3) is 5.82 Å². The van der Waals surface area contributed by atoms with Gasteiger partial charge in [0.2, 0.25) is 5.95 Å². The summed E-state index contributed by atoms with van der Waals surface area (Å²) in [5.41, 5.74) is 3.89. The number of aliphatic hydroxyl groups is 1. The average Bonchev–Trinajstić information content (AvgIpc) is 3.31. The third kappa shape index (κ3) is 5.54. The highest BCUT2D eigenvalue weighted by Crippen LogP contribution is 2.29. The molecule has 1 atom stereocenters. The molecule has 1 aliphatic heterocycles. The SMILES string of the molecule is Cc1cn(-c2nc(Nc3cc(C)c(OS(C)(=O)=O)c(C)c3)ncc2F)cc1CN1CC[C@@H](O)C1. The molecule has 0 radical (unpaired) electrons. The monoisotopic (exact) mass is 489 g/mol. The molecule has 2 aromatic heterocycles. The predicted octanol–water partition coefficient (Wildman–Crippen LogP) is 2.98. The van der Waals surface area contributed by atoms with Crippen LogP contribution in [0.4, 0.5) is 16.0 Å². The van der Waals surface area contributed by atoms with Crippen molar-refractivity contribution in [1.29, 1.82) is 0 Å². The second kappa shape index (κ2) is 9.32. The molecule has 3 aromatic rings. The zero-order valence-electron chi connectivity index (χ0n) is 19.5. The molecule has 2 N–H and O–H groups in total. The van der Waals surface area contributed by atoms with Crippen LogP contribution in [0.3, 0.4) is 0 Å². The van der Waals surface area contributed by atoms with Gasteiger partial charge in [0, 0.05) is 37.7 Å². The van der Waals surface area contributed by atoms with Crippen LogP contribution < -0.4 is 9.50 Å². The summed E-state index contributed by atoms with van der Waals surface area (Å²) in [6.07, 6.45) is 6.24. The molecule has 11 heteroatoms. The van der Waals surface area contributed by atoms with Crippen LogP contribution >= 0.6 is 0 Å². The van der Waals surface area contributed by atoms with E-state index >= 15 is 0 Å². The zero-order valence-corrected chi connectivity index (χ0v) is 20.4. The van der Waals surface area contributed by atoms with Crippen LogP contribution in [-0.4, -0.2) is 58.4 Å². The van der Waals surface area contributed by atoms with Gasteiger partial charge in [-0.3, -0.25) is 4.90 Å². The third-order valence-corrected chi connectivity index (χ3v) is 6.17. The molecular formula is C23H28FN5O4S. The van der Waals surface area contributed by atoms with E-state index in [-0.39, 0.29) is 23.6 Å². The third-order valence-electron chi connectivity index (χ3n) is 5.70. The van der Waals surface area contributed by atoms with Gasteiger partial charge in [0.15, 0.2) is 11.6 Å². The van der Waals surface area contributed by atoms with Gasteiger partial charge >= 0.3 is 10.1 Å². The number of rotatable bonds is 7. The molecule has 0 amide bonds. The number of nitrogens with zero attached hydrogens (tertiary/aromatic N) is 4. The number of aromatic nitrogens is 3. The van der Waals surface area contributed by atoms with E-state index in [1.807, 2.05) is 19.3 Å². The average molecular weight is 490 g/mol. The lowest BCUT2D eigenvalue weighted by molar-refractivity contribution is 0.174. The van der Waals surface area contributed by atoms with Crippen molar-refractivity contribution in [2.45, 2.75) is 39.8 Å². The van der Waals surface area contributed by atoms with Crippen LogP contribution in [0.1, 0.15) is 28.7 Å². The number of hydrogen-bond donors (Lipinski definition) is 2. The molecule has 0 spiro atoms. The van der Waals surface area contributed by atoms with Gasteiger partial charge in [0.25, 0.3) is 0 Å². The Kier molecular flexibility index (Phi) is 6.61. The zero-order chi connectivity index (χ0) is 24.6. The second-order valence-corrected chi connectivity index (χ2v) is 10.3. The Morgan fingerprint density at radius 1 is 1.21 bits per heavy atom. The minimum absolute atomic E-state index is 0.110. The summed E-state index contributed by atoms with van der Waals surface area (Å²) in [6.45, 7) is 7.57. The fourth-order valence-corrected chi connectivity index (χ4v) is 4.68. The Morgan fingerprint density at radius 2 is 1.91 bits per heavy atom. The molecule has 1 fully saturated rings. The first-order chi connectivity index (χ1) is 16.0. The number of aliphatic hydroxyl groups excluding tert-OH is 1. The fraction of sp³-hybridized carbons (Fsp3) is 0.391. The Labute approximate surface area is 198 Å². The highest BCUT2D eigenvalue weighted by molar-refractivity contribution is 7.86. The molecule has 9 nitrogen and oxygen atoms in total. The van der Waals surface area contributed by atoms with Gasteiger partial charge in [0.1, 0.15) is 5.75 Å². The summed E-state index contributed by atoms with van der Waals surface area (Å²) in [5.74, 6) is 0.0175. The number of benzene rings is 1. The first kappa shape index (κ1) is 24.1. The maximum absolute atomic E-state index is 14.6. The van der Waals surface area contributed by atoms with E-state index < -0.39 is 15.9 Å². The molecule has 0 unspecified atom stereocenters. The topological polar surface area (TPSA) is 110 Å². The number of β-amino-alcohol motifs (C(OH)–C–C–N with tert-alkyl or cyclic N) is 1. The van der Waals surface area contributed by atoms with E-state index in [0.29, 0.717) is 29.9 Å². The van der Waals surface area contributed by atoms with Crippen LogP contribution in [0, 0.1) is 26.6 Å². The number of anilines is 2. The van der Waals surface area contributed by atoms with Gasteiger partial charge in [0.05, 0.1) is 18.6 Å². The Bertz CT molecular complexity index is 1300. The first-order valence-corrected chi connectivity index (χ1v) is 12.7. The molecule has 3 heterocycles. The normalized spacial score (nSPS) is 16.7. The largest absolute Gasteiger partial charge is 0.392 e. The summed E-state index contributed by atoms with van der Waals surface area (Å²) < 4.78 is 44.4. The smallest absolute Gasteiger partial charge is 0.306 e. The summed E-state index contributed by atoms with van der Waals surface area (Å²) >= 11 is 0. The second-order valence-electron chi connectivity index (χ2n) is 8.77. The summed E-state index contributed by atoms with van der Waals surface area (Å²) in [4.78, 5) is 10.6. The molecular weight excluding hydrogens is 461 g/mol. The van der Waals surface area contributed by atoms with Gasteiger partial charge in [-0.05, 0) is 61.6 Å². The van der Waals surface area contributed by atoms with Gasteiger partial charge in [-0.2, -0.15) is 13.4 Å². The minimum Gasteiger partial charge on any atom is -0.392 e. The summed E-state index contributed by atoms with van der Waals surface area (Å²) in [7, 11) is -3.65. The van der Waals surface area contributed by atoms with Crippen molar-refractivity contribution in [2.75, 3.05) is 24.7 Å². The fourth-order valence-electron chi connectivity index (χ4n) is 4.12. The van der Waals surface area contributed by atoms with Crippen molar-refractivity contribution in [3.05, 3.63) is 58.8 Å². The van der Waals surface area contributed by atoms with Crippen molar-refractivity contribution in [3.8, 4) is 11.6 Å². The molecule has 0 aliphatic carbocycles. The molecule has 0 saturated carbocycles. The van der Waals surface area contributed by atoms with Crippen LogP contribution in [0.15, 0.2) is 30.7 Å². The van der Waals surface area contributed by atoms with E-state index in [1.165, 1.54) is 0 Å². The molecule has 182 valence electrons. The lowest BCUT2D eigenvalue weighted by Gasteiger charge is -2.14. The van der Waals surface area contributed by atoms with Crippen molar-refractivity contribution < 1.29 is 22.1 Å². The molecule has 1 aliphatic rings. The highest BCUT2D eigenvalue weighted by atomic mass is 32.2. The lowest BCUT2D eigenvalue weighted by Crippen LogP contribution is -2.21. The van der Waals surface area contributed by atoms with Crippen molar-refractivity contribution in [3.63, 3.8) is 0 Å². The van der Waals surface area contributed by atoms with Crippen LogP contribution in [0.5, 0.6) is 5.75 Å². The van der Waals surface area contributed by atoms with E-state index in [0.717, 1.165) is 36.5 Å². The van der Waals surface area contributed by atoms with Crippen molar-refractivity contribution in [1.82, 2.24) is 19.4 Å². The molecule has 4 rings (SSSR count). The van der Waals surface area contributed by atoms with E-state index in [4.69, 9.17) is 4.18 Å². The Morgan fingerprint density at radius 3 is 2.53 bits per heavy atom. The van der Waals surface area contributed by atoms with E-state index in [9.17, 15) is 17.9 Å². The van der Waals surface area contributed by atoms with Crippen molar-refractivity contribution >= 4 is 21.8 Å². The summed E-state index contributed by atoms with van der Waals surface area (Å²) in [5, 5.41) is 12.8. The number of aryl methyl sites for hydroxylation is 3. The van der Waals surface area contributed by atoms with Gasteiger partial charge in [-0.1, -0.05) is 0 Å². The van der Waals surface area contributed by atoms with E-state index in [2.05, 4.69) is 20.2 Å². The van der Waals surface area contributed by atoms with Crippen LogP contribution in [0.2, 0.25) is 0 Å². The minimum atomic E-state index is -3.65.